The molecule has 0 bridgehead atoms. The molecule has 1 aromatic rings. The first kappa shape index (κ1) is 15.2. The van der Waals surface area contributed by atoms with Gasteiger partial charge in [-0.3, -0.25) is 4.79 Å². The van der Waals surface area contributed by atoms with Crippen molar-refractivity contribution in [2.24, 2.45) is 11.8 Å². The van der Waals surface area contributed by atoms with Gasteiger partial charge >= 0.3 is 0 Å². The SMILES string of the molecule is CSc1ccc(OCC(=O)N2CC(C)CC(C)C2)cc1. The first-order valence-electron chi connectivity index (χ1n) is 7.13. The van der Waals surface area contributed by atoms with Gasteiger partial charge in [0.1, 0.15) is 5.75 Å². The lowest BCUT2D eigenvalue weighted by Crippen LogP contribution is -2.44. The fraction of sp³-hybridized carbons (Fsp3) is 0.562. The minimum absolute atomic E-state index is 0.0948. The summed E-state index contributed by atoms with van der Waals surface area (Å²) in [7, 11) is 0. The number of piperidine rings is 1. The van der Waals surface area contributed by atoms with E-state index in [0.29, 0.717) is 11.8 Å². The fourth-order valence-corrected chi connectivity index (χ4v) is 3.18. The number of hydrogen-bond donors (Lipinski definition) is 0. The second-order valence-electron chi connectivity index (χ2n) is 5.71. The van der Waals surface area contributed by atoms with Crippen LogP contribution in [-0.2, 0) is 4.79 Å². The van der Waals surface area contributed by atoms with Gasteiger partial charge in [-0.25, -0.2) is 0 Å². The van der Waals surface area contributed by atoms with Gasteiger partial charge < -0.3 is 9.64 Å². The third-order valence-electron chi connectivity index (χ3n) is 3.64. The zero-order chi connectivity index (χ0) is 14.5. The number of carbonyl (C=O) groups excluding carboxylic acids is 1. The molecule has 1 aromatic carbocycles. The van der Waals surface area contributed by atoms with Gasteiger partial charge in [-0.15, -0.1) is 11.8 Å². The number of thioether (sulfide) groups is 1. The Hall–Kier alpha value is -1.16. The standard InChI is InChI=1S/C16H23NO2S/c1-12-8-13(2)10-17(9-12)16(18)11-19-14-4-6-15(20-3)7-5-14/h4-7,12-13H,8-11H2,1-3H3. The van der Waals surface area contributed by atoms with E-state index >= 15 is 0 Å². The molecule has 1 amide bonds. The van der Waals surface area contributed by atoms with Crippen molar-refractivity contribution in [3.05, 3.63) is 24.3 Å². The van der Waals surface area contributed by atoms with Gasteiger partial charge in [0.2, 0.25) is 0 Å². The van der Waals surface area contributed by atoms with Crippen molar-refractivity contribution in [1.29, 1.82) is 0 Å². The number of carbonyl (C=O) groups is 1. The molecule has 0 saturated carbocycles. The smallest absolute Gasteiger partial charge is 0.260 e. The van der Waals surface area contributed by atoms with E-state index in [-0.39, 0.29) is 12.5 Å². The number of hydrogen-bond acceptors (Lipinski definition) is 3. The summed E-state index contributed by atoms with van der Waals surface area (Å²) in [6.45, 7) is 6.27. The summed E-state index contributed by atoms with van der Waals surface area (Å²) >= 11 is 1.69. The lowest BCUT2D eigenvalue weighted by Gasteiger charge is -2.34. The van der Waals surface area contributed by atoms with Crippen LogP contribution in [0.3, 0.4) is 0 Å². The highest BCUT2D eigenvalue weighted by atomic mass is 32.2. The number of rotatable bonds is 4. The van der Waals surface area contributed by atoms with Crippen molar-refractivity contribution < 1.29 is 9.53 Å². The fourth-order valence-electron chi connectivity index (χ4n) is 2.77. The Morgan fingerprint density at radius 1 is 1.25 bits per heavy atom. The quantitative estimate of drug-likeness (QED) is 0.798. The summed E-state index contributed by atoms with van der Waals surface area (Å²) in [5.41, 5.74) is 0. The first-order valence-corrected chi connectivity index (χ1v) is 8.35. The van der Waals surface area contributed by atoms with Gasteiger partial charge in [0.05, 0.1) is 0 Å². The van der Waals surface area contributed by atoms with Crippen molar-refractivity contribution in [3.63, 3.8) is 0 Å². The van der Waals surface area contributed by atoms with Gasteiger partial charge in [0.15, 0.2) is 6.61 Å². The number of nitrogens with zero attached hydrogens (tertiary/aromatic N) is 1. The molecule has 0 N–H and O–H groups in total. The summed E-state index contributed by atoms with van der Waals surface area (Å²) in [4.78, 5) is 15.3. The summed E-state index contributed by atoms with van der Waals surface area (Å²) in [5.74, 6) is 2.03. The Balaban J connectivity index is 1.84. The number of likely N-dealkylation sites (tertiary alicyclic amines) is 1. The average molecular weight is 293 g/mol. The van der Waals surface area contributed by atoms with Gasteiger partial charge in [0, 0.05) is 18.0 Å². The molecule has 20 heavy (non-hydrogen) atoms. The molecular weight excluding hydrogens is 270 g/mol. The predicted octanol–water partition coefficient (Wildman–Crippen LogP) is 3.29. The third kappa shape index (κ3) is 4.17. The van der Waals surface area contributed by atoms with Crippen molar-refractivity contribution in [1.82, 2.24) is 4.90 Å². The van der Waals surface area contributed by atoms with Crippen LogP contribution in [-0.4, -0.2) is 36.8 Å². The Bertz CT molecular complexity index is 436. The molecule has 0 aliphatic carbocycles. The normalized spacial score (nSPS) is 22.6. The molecule has 1 aliphatic heterocycles. The molecule has 0 aromatic heterocycles. The maximum Gasteiger partial charge on any atom is 0.260 e. The van der Waals surface area contributed by atoms with Gasteiger partial charge in [-0.2, -0.15) is 0 Å². The Morgan fingerprint density at radius 3 is 2.40 bits per heavy atom. The van der Waals surface area contributed by atoms with Crippen LogP contribution in [0.15, 0.2) is 29.2 Å². The molecule has 2 atom stereocenters. The molecule has 1 saturated heterocycles. The molecule has 2 unspecified atom stereocenters. The Morgan fingerprint density at radius 2 is 1.85 bits per heavy atom. The minimum atomic E-state index is 0.0948. The molecule has 1 fully saturated rings. The van der Waals surface area contributed by atoms with Gasteiger partial charge in [-0.05, 0) is 48.8 Å². The van der Waals surface area contributed by atoms with Gasteiger partial charge in [0.25, 0.3) is 5.91 Å². The molecular formula is C16H23NO2S. The first-order chi connectivity index (χ1) is 9.58. The maximum absolute atomic E-state index is 12.2. The van der Waals surface area contributed by atoms with E-state index in [4.69, 9.17) is 4.74 Å². The minimum Gasteiger partial charge on any atom is -0.484 e. The molecule has 1 heterocycles. The number of amides is 1. The molecule has 3 nitrogen and oxygen atoms in total. The Kier molecular flexibility index (Phi) is 5.35. The van der Waals surface area contributed by atoms with E-state index in [0.717, 1.165) is 18.8 Å². The molecule has 0 spiro atoms. The van der Waals surface area contributed by atoms with Crippen LogP contribution in [0.1, 0.15) is 20.3 Å². The summed E-state index contributed by atoms with van der Waals surface area (Å²) < 4.78 is 5.59. The average Bonchev–Trinajstić information content (AvgIpc) is 2.44. The van der Waals surface area contributed by atoms with E-state index in [1.54, 1.807) is 11.8 Å². The van der Waals surface area contributed by atoms with Crippen LogP contribution in [0.5, 0.6) is 5.75 Å². The molecule has 0 radical (unpaired) electrons. The van der Waals surface area contributed by atoms with Crippen molar-refractivity contribution >= 4 is 17.7 Å². The van der Waals surface area contributed by atoms with E-state index < -0.39 is 0 Å². The van der Waals surface area contributed by atoms with Crippen LogP contribution in [0, 0.1) is 11.8 Å². The second-order valence-corrected chi connectivity index (χ2v) is 6.59. The monoisotopic (exact) mass is 293 g/mol. The predicted molar refractivity (Wildman–Crippen MR) is 83.2 cm³/mol. The number of ether oxygens (including phenoxy) is 1. The summed E-state index contributed by atoms with van der Waals surface area (Å²) in [6, 6.07) is 7.85. The van der Waals surface area contributed by atoms with Crippen LogP contribution < -0.4 is 4.74 Å². The van der Waals surface area contributed by atoms with E-state index in [2.05, 4.69) is 13.8 Å². The van der Waals surface area contributed by atoms with Crippen LogP contribution in [0.4, 0.5) is 0 Å². The second kappa shape index (κ2) is 7.02. The Labute approximate surface area is 125 Å². The van der Waals surface area contributed by atoms with Crippen molar-refractivity contribution in [3.8, 4) is 5.75 Å². The summed E-state index contributed by atoms with van der Waals surface area (Å²) in [5, 5.41) is 0. The molecule has 1 aliphatic rings. The highest BCUT2D eigenvalue weighted by Gasteiger charge is 2.25. The van der Waals surface area contributed by atoms with Gasteiger partial charge in [-0.1, -0.05) is 13.8 Å². The van der Waals surface area contributed by atoms with E-state index in [9.17, 15) is 4.79 Å². The van der Waals surface area contributed by atoms with Crippen molar-refractivity contribution in [2.45, 2.75) is 25.2 Å². The lowest BCUT2D eigenvalue weighted by atomic mass is 9.92. The summed E-state index contributed by atoms with van der Waals surface area (Å²) in [6.07, 6.45) is 3.25. The highest BCUT2D eigenvalue weighted by Crippen LogP contribution is 2.22. The molecule has 4 heteroatoms. The lowest BCUT2D eigenvalue weighted by molar-refractivity contribution is -0.136. The van der Waals surface area contributed by atoms with Crippen molar-refractivity contribution in [2.75, 3.05) is 26.0 Å². The third-order valence-corrected chi connectivity index (χ3v) is 4.39. The van der Waals surface area contributed by atoms with E-state index in [1.807, 2.05) is 35.4 Å². The molecule has 2 rings (SSSR count). The number of benzene rings is 1. The largest absolute Gasteiger partial charge is 0.484 e. The van der Waals surface area contributed by atoms with Crippen LogP contribution >= 0.6 is 11.8 Å². The van der Waals surface area contributed by atoms with Crippen LogP contribution in [0.2, 0.25) is 0 Å². The van der Waals surface area contributed by atoms with E-state index in [1.165, 1.54) is 11.3 Å². The highest BCUT2D eigenvalue weighted by molar-refractivity contribution is 7.98. The molecule has 110 valence electrons. The zero-order valence-electron chi connectivity index (χ0n) is 12.5. The maximum atomic E-state index is 12.2. The van der Waals surface area contributed by atoms with Crippen LogP contribution in [0.25, 0.3) is 0 Å². The topological polar surface area (TPSA) is 29.5 Å². The zero-order valence-corrected chi connectivity index (χ0v) is 13.3.